The fourth-order valence-electron chi connectivity index (χ4n) is 1.20. The molecule has 1 aromatic rings. The summed E-state index contributed by atoms with van der Waals surface area (Å²) >= 11 is 6.74. The molecule has 94 valence electrons. The molecule has 17 heavy (non-hydrogen) atoms. The Bertz CT molecular complexity index is 422. The second kappa shape index (κ2) is 6.26. The van der Waals surface area contributed by atoms with Crippen LogP contribution in [0.1, 0.15) is 13.8 Å². The summed E-state index contributed by atoms with van der Waals surface area (Å²) in [5.74, 6) is 0.660. The Labute approximate surface area is 117 Å². The van der Waals surface area contributed by atoms with Crippen molar-refractivity contribution in [1.82, 2.24) is 5.32 Å². The summed E-state index contributed by atoms with van der Waals surface area (Å²) in [5, 5.41) is 5.49. The SMILES string of the molecule is COc1cc(NC(=O)NC(C)C)c(Br)cc1Br. The molecular weight excluding hydrogens is 352 g/mol. The van der Waals surface area contributed by atoms with Gasteiger partial charge in [0.05, 0.1) is 17.3 Å². The van der Waals surface area contributed by atoms with E-state index in [1.807, 2.05) is 19.9 Å². The smallest absolute Gasteiger partial charge is 0.319 e. The molecule has 0 spiro atoms. The number of halogens is 2. The van der Waals surface area contributed by atoms with Gasteiger partial charge in [0.15, 0.2) is 0 Å². The number of hydrogen-bond donors (Lipinski definition) is 2. The number of urea groups is 1. The number of amides is 2. The van der Waals surface area contributed by atoms with Gasteiger partial charge in [0, 0.05) is 16.6 Å². The number of carbonyl (C=O) groups excluding carboxylic acids is 1. The quantitative estimate of drug-likeness (QED) is 0.856. The fraction of sp³-hybridized carbons (Fsp3) is 0.364. The van der Waals surface area contributed by atoms with Crippen LogP contribution in [0.4, 0.5) is 10.5 Å². The van der Waals surface area contributed by atoms with Gasteiger partial charge in [-0.1, -0.05) is 0 Å². The third-order valence-electron chi connectivity index (χ3n) is 1.91. The molecule has 0 radical (unpaired) electrons. The van der Waals surface area contributed by atoms with E-state index < -0.39 is 0 Å². The second-order valence-corrected chi connectivity index (χ2v) is 5.43. The lowest BCUT2D eigenvalue weighted by molar-refractivity contribution is 0.250. The minimum atomic E-state index is -0.245. The Kier molecular flexibility index (Phi) is 5.27. The number of nitrogens with one attached hydrogen (secondary N) is 2. The minimum absolute atomic E-state index is 0.0890. The second-order valence-electron chi connectivity index (χ2n) is 3.72. The zero-order valence-electron chi connectivity index (χ0n) is 9.80. The van der Waals surface area contributed by atoms with Crippen LogP contribution in [0.5, 0.6) is 5.75 Å². The highest BCUT2D eigenvalue weighted by atomic mass is 79.9. The van der Waals surface area contributed by atoms with Gasteiger partial charge in [-0.2, -0.15) is 0 Å². The van der Waals surface area contributed by atoms with Crippen LogP contribution in [0.25, 0.3) is 0 Å². The summed E-state index contributed by atoms with van der Waals surface area (Å²) in [4.78, 5) is 11.6. The molecule has 0 unspecified atom stereocenters. The summed E-state index contributed by atoms with van der Waals surface area (Å²) in [6, 6.07) is 3.41. The van der Waals surface area contributed by atoms with Crippen LogP contribution in [0, 0.1) is 0 Å². The van der Waals surface area contributed by atoms with Gasteiger partial charge in [0.25, 0.3) is 0 Å². The normalized spacial score (nSPS) is 10.2. The van der Waals surface area contributed by atoms with Crippen molar-refractivity contribution in [2.24, 2.45) is 0 Å². The van der Waals surface area contributed by atoms with Crippen molar-refractivity contribution in [2.45, 2.75) is 19.9 Å². The van der Waals surface area contributed by atoms with Gasteiger partial charge in [-0.3, -0.25) is 0 Å². The van der Waals surface area contributed by atoms with Crippen LogP contribution in [0.3, 0.4) is 0 Å². The van der Waals surface area contributed by atoms with E-state index in [-0.39, 0.29) is 12.1 Å². The summed E-state index contributed by atoms with van der Waals surface area (Å²) in [6.45, 7) is 3.80. The Balaban J connectivity index is 2.87. The van der Waals surface area contributed by atoms with E-state index in [2.05, 4.69) is 42.5 Å². The van der Waals surface area contributed by atoms with Crippen LogP contribution in [0.2, 0.25) is 0 Å². The Morgan fingerprint density at radius 2 is 1.94 bits per heavy atom. The van der Waals surface area contributed by atoms with Crippen molar-refractivity contribution in [3.63, 3.8) is 0 Å². The lowest BCUT2D eigenvalue weighted by Crippen LogP contribution is -2.34. The van der Waals surface area contributed by atoms with Crippen molar-refractivity contribution in [1.29, 1.82) is 0 Å². The Morgan fingerprint density at radius 1 is 1.29 bits per heavy atom. The highest BCUT2D eigenvalue weighted by molar-refractivity contribution is 9.11. The van der Waals surface area contributed by atoms with Crippen molar-refractivity contribution in [3.05, 3.63) is 21.1 Å². The molecule has 0 aliphatic rings. The van der Waals surface area contributed by atoms with E-state index in [4.69, 9.17) is 4.74 Å². The number of hydrogen-bond acceptors (Lipinski definition) is 2. The number of carbonyl (C=O) groups is 1. The maximum Gasteiger partial charge on any atom is 0.319 e. The first-order valence-corrected chi connectivity index (χ1v) is 6.63. The molecule has 0 aromatic heterocycles. The first-order chi connectivity index (χ1) is 7.93. The zero-order valence-corrected chi connectivity index (χ0v) is 13.0. The Morgan fingerprint density at radius 3 is 2.47 bits per heavy atom. The van der Waals surface area contributed by atoms with Gasteiger partial charge in [-0.25, -0.2) is 4.79 Å². The molecule has 0 fully saturated rings. The topological polar surface area (TPSA) is 50.4 Å². The molecule has 0 saturated heterocycles. The van der Waals surface area contributed by atoms with E-state index >= 15 is 0 Å². The lowest BCUT2D eigenvalue weighted by Gasteiger charge is -2.13. The van der Waals surface area contributed by atoms with E-state index in [9.17, 15) is 4.79 Å². The van der Waals surface area contributed by atoms with Crippen LogP contribution in [0.15, 0.2) is 21.1 Å². The first-order valence-electron chi connectivity index (χ1n) is 5.04. The fourth-order valence-corrected chi connectivity index (χ4v) is 2.46. The van der Waals surface area contributed by atoms with E-state index in [0.717, 1.165) is 8.95 Å². The molecule has 0 bridgehead atoms. The number of ether oxygens (including phenoxy) is 1. The number of benzene rings is 1. The van der Waals surface area contributed by atoms with Crippen LogP contribution in [-0.4, -0.2) is 19.2 Å². The third kappa shape index (κ3) is 4.20. The predicted octanol–water partition coefficient (Wildman–Crippen LogP) is 3.75. The van der Waals surface area contributed by atoms with Gasteiger partial charge in [0.1, 0.15) is 5.75 Å². The summed E-state index contributed by atoms with van der Waals surface area (Å²) in [6.07, 6.45) is 0. The predicted molar refractivity (Wildman–Crippen MR) is 75.7 cm³/mol. The molecule has 0 atom stereocenters. The highest BCUT2D eigenvalue weighted by Gasteiger charge is 2.10. The summed E-state index contributed by atoms with van der Waals surface area (Å²) < 4.78 is 6.77. The number of anilines is 1. The average Bonchev–Trinajstić information content (AvgIpc) is 2.20. The number of methoxy groups -OCH3 is 1. The monoisotopic (exact) mass is 364 g/mol. The summed E-state index contributed by atoms with van der Waals surface area (Å²) in [5.41, 5.74) is 0.656. The first kappa shape index (κ1) is 14.3. The average molecular weight is 366 g/mol. The minimum Gasteiger partial charge on any atom is -0.495 e. The highest BCUT2D eigenvalue weighted by Crippen LogP contribution is 2.34. The molecule has 1 rings (SSSR count). The zero-order chi connectivity index (χ0) is 13.0. The van der Waals surface area contributed by atoms with Crippen molar-refractivity contribution in [2.75, 3.05) is 12.4 Å². The molecule has 0 saturated carbocycles. The van der Waals surface area contributed by atoms with Crippen molar-refractivity contribution in [3.8, 4) is 5.75 Å². The number of rotatable bonds is 3. The van der Waals surface area contributed by atoms with Crippen LogP contribution < -0.4 is 15.4 Å². The largest absolute Gasteiger partial charge is 0.495 e. The van der Waals surface area contributed by atoms with Crippen molar-refractivity contribution >= 4 is 43.6 Å². The molecule has 2 amide bonds. The molecule has 0 aliphatic carbocycles. The van der Waals surface area contributed by atoms with E-state index in [1.165, 1.54) is 0 Å². The van der Waals surface area contributed by atoms with Gasteiger partial charge >= 0.3 is 6.03 Å². The maximum atomic E-state index is 11.6. The van der Waals surface area contributed by atoms with E-state index in [1.54, 1.807) is 13.2 Å². The standard InChI is InChI=1S/C11H14Br2N2O2/c1-6(2)14-11(16)15-9-5-10(17-3)8(13)4-7(9)12/h4-6H,1-3H3,(H2,14,15,16). The van der Waals surface area contributed by atoms with Gasteiger partial charge < -0.3 is 15.4 Å². The van der Waals surface area contributed by atoms with Crippen LogP contribution >= 0.6 is 31.9 Å². The molecule has 2 N–H and O–H groups in total. The summed E-state index contributed by atoms with van der Waals surface area (Å²) in [7, 11) is 1.58. The molecule has 4 nitrogen and oxygen atoms in total. The molecule has 0 aliphatic heterocycles. The van der Waals surface area contributed by atoms with Gasteiger partial charge in [-0.15, -0.1) is 0 Å². The molecule has 1 aromatic carbocycles. The molecular formula is C11H14Br2N2O2. The lowest BCUT2D eigenvalue weighted by atomic mass is 10.3. The van der Waals surface area contributed by atoms with Crippen LogP contribution in [-0.2, 0) is 0 Å². The third-order valence-corrected chi connectivity index (χ3v) is 3.19. The van der Waals surface area contributed by atoms with Gasteiger partial charge in [0.2, 0.25) is 0 Å². The van der Waals surface area contributed by atoms with Gasteiger partial charge in [-0.05, 0) is 51.8 Å². The molecule has 6 heteroatoms. The van der Waals surface area contributed by atoms with Crippen molar-refractivity contribution < 1.29 is 9.53 Å². The maximum absolute atomic E-state index is 11.6. The van der Waals surface area contributed by atoms with E-state index in [0.29, 0.717) is 11.4 Å². The Hall–Kier alpha value is -0.750. The molecule has 0 heterocycles.